The lowest BCUT2D eigenvalue weighted by Crippen LogP contribution is -2.46. The SMILES string of the molecule is Cl.OC1(c2cccs2)C(c2ccccc2)S/C2=N/CCCCCN21. The van der Waals surface area contributed by atoms with Gasteiger partial charge in [-0.25, -0.2) is 0 Å². The van der Waals surface area contributed by atoms with Crippen molar-refractivity contribution in [3.05, 3.63) is 58.3 Å². The van der Waals surface area contributed by atoms with Crippen molar-refractivity contribution in [3.8, 4) is 0 Å². The zero-order valence-electron chi connectivity index (χ0n) is 13.3. The topological polar surface area (TPSA) is 35.8 Å². The molecule has 2 aromatic rings. The molecule has 2 unspecified atom stereocenters. The normalized spacial score (nSPS) is 29.0. The molecule has 3 heterocycles. The monoisotopic (exact) mass is 380 g/mol. The molecule has 0 radical (unpaired) electrons. The predicted octanol–water partition coefficient (Wildman–Crippen LogP) is 4.65. The number of aliphatic hydroxyl groups is 1. The van der Waals surface area contributed by atoms with Gasteiger partial charge >= 0.3 is 0 Å². The standard InChI is InChI=1S/C18H20N2OS2.ClH/c21-18(15-10-7-13-22-15)16(14-8-3-1-4-9-14)23-17-19-11-5-2-6-12-20(17)18;/h1,3-4,7-10,13,16,21H,2,5-6,11-12H2;1H/b19-17+;. The minimum Gasteiger partial charge on any atom is -0.365 e. The Hall–Kier alpha value is -1.01. The van der Waals surface area contributed by atoms with Gasteiger partial charge in [0.2, 0.25) is 0 Å². The molecule has 2 aliphatic rings. The first-order valence-corrected chi connectivity index (χ1v) is 9.86. The largest absolute Gasteiger partial charge is 0.365 e. The second-order valence-corrected chi connectivity index (χ2v) is 8.01. The number of hydrogen-bond acceptors (Lipinski definition) is 5. The van der Waals surface area contributed by atoms with E-state index in [0.29, 0.717) is 0 Å². The summed E-state index contributed by atoms with van der Waals surface area (Å²) in [7, 11) is 0. The molecule has 1 aromatic carbocycles. The molecule has 3 nitrogen and oxygen atoms in total. The van der Waals surface area contributed by atoms with Crippen molar-refractivity contribution >= 4 is 40.7 Å². The molecule has 0 amide bonds. The molecule has 0 bridgehead atoms. The van der Waals surface area contributed by atoms with Gasteiger partial charge in [-0.1, -0.05) is 48.2 Å². The molecule has 0 spiro atoms. The highest BCUT2D eigenvalue weighted by atomic mass is 35.5. The minimum atomic E-state index is -1.00. The van der Waals surface area contributed by atoms with Gasteiger partial charge in [0, 0.05) is 13.1 Å². The van der Waals surface area contributed by atoms with Crippen molar-refractivity contribution in [1.29, 1.82) is 0 Å². The minimum absolute atomic E-state index is 0. The van der Waals surface area contributed by atoms with E-state index >= 15 is 0 Å². The summed E-state index contributed by atoms with van der Waals surface area (Å²) >= 11 is 3.33. The Morgan fingerprint density at radius 3 is 2.67 bits per heavy atom. The number of halogens is 1. The third-order valence-electron chi connectivity index (χ3n) is 4.50. The number of fused-ring (bicyclic) bond motifs is 1. The van der Waals surface area contributed by atoms with E-state index in [-0.39, 0.29) is 17.7 Å². The fraction of sp³-hybridized carbons (Fsp3) is 0.389. The van der Waals surface area contributed by atoms with Crippen LogP contribution in [0.25, 0.3) is 0 Å². The summed E-state index contributed by atoms with van der Waals surface area (Å²) in [5, 5.41) is 14.8. The Morgan fingerprint density at radius 1 is 1.08 bits per heavy atom. The van der Waals surface area contributed by atoms with E-state index in [1.54, 1.807) is 23.1 Å². The van der Waals surface area contributed by atoms with Gasteiger partial charge in [0.1, 0.15) is 0 Å². The summed E-state index contributed by atoms with van der Waals surface area (Å²) in [5.41, 5.74) is 0.152. The van der Waals surface area contributed by atoms with Crippen molar-refractivity contribution in [2.45, 2.75) is 30.2 Å². The average Bonchev–Trinajstić information content (AvgIpc) is 3.17. The van der Waals surface area contributed by atoms with Crippen LogP contribution in [0.15, 0.2) is 52.8 Å². The first kappa shape index (κ1) is 17.8. The molecule has 4 rings (SSSR count). The maximum atomic E-state index is 11.8. The van der Waals surface area contributed by atoms with Gasteiger partial charge < -0.3 is 10.0 Å². The van der Waals surface area contributed by atoms with Gasteiger partial charge in [0.25, 0.3) is 0 Å². The van der Waals surface area contributed by atoms with Crippen LogP contribution in [0.2, 0.25) is 0 Å². The molecule has 1 fully saturated rings. The molecule has 1 saturated heterocycles. The fourth-order valence-electron chi connectivity index (χ4n) is 3.34. The smallest absolute Gasteiger partial charge is 0.192 e. The number of benzene rings is 1. The van der Waals surface area contributed by atoms with Crippen molar-refractivity contribution in [2.24, 2.45) is 4.99 Å². The Labute approximate surface area is 157 Å². The molecule has 128 valence electrons. The van der Waals surface area contributed by atoms with Crippen molar-refractivity contribution in [1.82, 2.24) is 4.90 Å². The number of thioether (sulfide) groups is 1. The third kappa shape index (κ3) is 2.99. The van der Waals surface area contributed by atoms with Crippen molar-refractivity contribution in [3.63, 3.8) is 0 Å². The Morgan fingerprint density at radius 2 is 1.92 bits per heavy atom. The quantitative estimate of drug-likeness (QED) is 0.824. The second-order valence-electron chi connectivity index (χ2n) is 5.99. The van der Waals surface area contributed by atoms with E-state index in [1.807, 2.05) is 35.7 Å². The number of amidine groups is 1. The average molecular weight is 381 g/mol. The van der Waals surface area contributed by atoms with Gasteiger partial charge in [-0.05, 0) is 36.3 Å². The van der Waals surface area contributed by atoms with Gasteiger partial charge in [-0.3, -0.25) is 4.99 Å². The van der Waals surface area contributed by atoms with Crippen LogP contribution in [0.4, 0.5) is 0 Å². The summed E-state index contributed by atoms with van der Waals surface area (Å²) in [6.45, 7) is 1.73. The number of hydrogen-bond donors (Lipinski definition) is 1. The first-order chi connectivity index (χ1) is 11.3. The second kappa shape index (κ2) is 7.48. The van der Waals surface area contributed by atoms with E-state index in [4.69, 9.17) is 4.99 Å². The summed E-state index contributed by atoms with van der Waals surface area (Å²) in [6, 6.07) is 14.4. The van der Waals surface area contributed by atoms with Crippen LogP contribution in [0, 0.1) is 0 Å². The van der Waals surface area contributed by atoms with Gasteiger partial charge in [0.15, 0.2) is 10.9 Å². The third-order valence-corrected chi connectivity index (χ3v) is 6.88. The fourth-order valence-corrected chi connectivity index (χ4v) is 5.72. The van der Waals surface area contributed by atoms with Crippen LogP contribution in [0.1, 0.15) is 35.0 Å². The van der Waals surface area contributed by atoms with Crippen LogP contribution in [0.5, 0.6) is 0 Å². The number of aliphatic imine (C=N–C) groups is 1. The van der Waals surface area contributed by atoms with E-state index in [1.165, 1.54) is 6.42 Å². The summed E-state index contributed by atoms with van der Waals surface area (Å²) in [6.07, 6.45) is 3.43. The zero-order chi connectivity index (χ0) is 15.7. The lowest BCUT2D eigenvalue weighted by molar-refractivity contribution is -0.0692. The van der Waals surface area contributed by atoms with Gasteiger partial charge in [-0.2, -0.15) is 0 Å². The molecule has 2 aliphatic heterocycles. The van der Waals surface area contributed by atoms with E-state index in [2.05, 4.69) is 17.0 Å². The first-order valence-electron chi connectivity index (χ1n) is 8.10. The highest BCUT2D eigenvalue weighted by molar-refractivity contribution is 8.14. The highest BCUT2D eigenvalue weighted by Gasteiger charge is 2.53. The van der Waals surface area contributed by atoms with Crippen LogP contribution < -0.4 is 0 Å². The summed E-state index contributed by atoms with van der Waals surface area (Å²) in [4.78, 5) is 7.92. The molecule has 6 heteroatoms. The van der Waals surface area contributed by atoms with Crippen LogP contribution in [0.3, 0.4) is 0 Å². The Bertz CT molecular complexity index is 692. The van der Waals surface area contributed by atoms with E-state index < -0.39 is 5.72 Å². The highest BCUT2D eigenvalue weighted by Crippen LogP contribution is 2.55. The number of thiophene rings is 1. The van der Waals surface area contributed by atoms with Crippen LogP contribution in [-0.2, 0) is 5.72 Å². The van der Waals surface area contributed by atoms with E-state index in [9.17, 15) is 5.11 Å². The van der Waals surface area contributed by atoms with Crippen molar-refractivity contribution in [2.75, 3.05) is 13.1 Å². The van der Waals surface area contributed by atoms with Gasteiger partial charge in [0.05, 0.1) is 10.1 Å². The molecule has 2 atom stereocenters. The predicted molar refractivity (Wildman–Crippen MR) is 105 cm³/mol. The molecule has 0 saturated carbocycles. The Kier molecular flexibility index (Phi) is 5.55. The molecule has 1 aromatic heterocycles. The number of rotatable bonds is 2. The number of nitrogens with zero attached hydrogens (tertiary/aromatic N) is 2. The molecular formula is C18H21ClN2OS2. The van der Waals surface area contributed by atoms with E-state index in [0.717, 1.165) is 41.5 Å². The summed E-state index contributed by atoms with van der Waals surface area (Å²) in [5.74, 6) is 0. The van der Waals surface area contributed by atoms with Gasteiger partial charge in [-0.15, -0.1) is 23.7 Å². The molecule has 1 N–H and O–H groups in total. The lowest BCUT2D eigenvalue weighted by Gasteiger charge is -2.37. The van der Waals surface area contributed by atoms with Crippen molar-refractivity contribution < 1.29 is 5.11 Å². The maximum Gasteiger partial charge on any atom is 0.192 e. The Balaban J connectivity index is 0.00000169. The van der Waals surface area contributed by atoms with Crippen LogP contribution in [-0.4, -0.2) is 28.3 Å². The zero-order valence-corrected chi connectivity index (χ0v) is 15.7. The molecular weight excluding hydrogens is 360 g/mol. The van der Waals surface area contributed by atoms with Crippen LogP contribution >= 0.6 is 35.5 Å². The molecule has 24 heavy (non-hydrogen) atoms. The maximum absolute atomic E-state index is 11.8. The summed E-state index contributed by atoms with van der Waals surface area (Å²) < 4.78 is 0. The lowest BCUT2D eigenvalue weighted by atomic mass is 9.98. The molecule has 0 aliphatic carbocycles.